The third kappa shape index (κ3) is 9.02. The van der Waals surface area contributed by atoms with E-state index in [-0.39, 0.29) is 0 Å². The van der Waals surface area contributed by atoms with Gasteiger partial charge in [-0.2, -0.15) is 0 Å². The van der Waals surface area contributed by atoms with Gasteiger partial charge >= 0.3 is 0 Å². The summed E-state index contributed by atoms with van der Waals surface area (Å²) in [5.74, 6) is 0. The summed E-state index contributed by atoms with van der Waals surface area (Å²) in [6, 6.07) is 135. The van der Waals surface area contributed by atoms with Crippen LogP contribution < -0.4 is 9.80 Å². The topological polar surface area (TPSA) is 6.48 Å². The summed E-state index contributed by atoms with van der Waals surface area (Å²) in [5.41, 5.74) is 30.8. The van der Waals surface area contributed by atoms with E-state index in [1.807, 2.05) is 0 Å². The van der Waals surface area contributed by atoms with Crippen LogP contribution in [-0.2, 0) is 0 Å². The number of benzene rings is 17. The second-order valence-corrected chi connectivity index (χ2v) is 25.4. The van der Waals surface area contributed by atoms with Crippen molar-refractivity contribution in [1.29, 1.82) is 0 Å². The van der Waals surface area contributed by atoms with Gasteiger partial charge in [-0.15, -0.1) is 0 Å². The van der Waals surface area contributed by atoms with Crippen LogP contribution in [0.3, 0.4) is 0 Å². The largest absolute Gasteiger partial charge is 0.310 e. The average Bonchev–Trinajstić information content (AvgIpc) is 1.18. The molecule has 2 nitrogen and oxygen atoms in total. The lowest BCUT2D eigenvalue weighted by molar-refractivity contribution is 1.29. The van der Waals surface area contributed by atoms with E-state index in [0.29, 0.717) is 0 Å². The summed E-state index contributed by atoms with van der Waals surface area (Å²) >= 11 is 0. The minimum Gasteiger partial charge on any atom is -0.310 e. The molecule has 17 aromatic rings. The second-order valence-electron chi connectivity index (χ2n) is 25.4. The number of fused-ring (bicyclic) bond motifs is 8. The van der Waals surface area contributed by atoms with Crippen LogP contribution in [0.4, 0.5) is 34.1 Å². The minimum absolute atomic E-state index is 1.06. The van der Waals surface area contributed by atoms with Gasteiger partial charge in [0.1, 0.15) is 0 Å². The highest BCUT2D eigenvalue weighted by Crippen LogP contribution is 2.56. The van der Waals surface area contributed by atoms with E-state index in [2.05, 4.69) is 374 Å². The van der Waals surface area contributed by atoms with Gasteiger partial charge < -0.3 is 9.80 Å². The van der Waals surface area contributed by atoms with E-state index in [1.54, 1.807) is 0 Å². The fraction of sp³-hybridized carbons (Fsp3) is 0. The van der Waals surface area contributed by atoms with Gasteiger partial charge in [0.2, 0.25) is 0 Å². The molecule has 0 bridgehead atoms. The predicted molar refractivity (Wildman–Crippen MR) is 407 cm³/mol. The van der Waals surface area contributed by atoms with E-state index < -0.39 is 0 Å². The molecule has 0 aromatic heterocycles. The Morgan fingerprint density at radius 3 is 0.677 bits per heavy atom. The Labute approximate surface area is 558 Å². The Bertz CT molecular complexity index is 5290. The van der Waals surface area contributed by atoms with Gasteiger partial charge in [-0.05, 0) is 227 Å². The summed E-state index contributed by atoms with van der Waals surface area (Å²) < 4.78 is 0. The summed E-state index contributed by atoms with van der Waals surface area (Å²) in [6.07, 6.45) is 0. The van der Waals surface area contributed by atoms with Crippen molar-refractivity contribution in [1.82, 2.24) is 0 Å². The maximum absolute atomic E-state index is 2.50. The Morgan fingerprint density at radius 1 is 0.135 bits per heavy atom. The van der Waals surface area contributed by atoms with Crippen molar-refractivity contribution >= 4 is 77.2 Å². The molecule has 96 heavy (non-hydrogen) atoms. The predicted octanol–water partition coefficient (Wildman–Crippen LogP) is 26.5. The lowest BCUT2D eigenvalue weighted by atomic mass is 9.82. The van der Waals surface area contributed by atoms with Crippen LogP contribution in [0.15, 0.2) is 364 Å². The number of rotatable bonds is 12. The Kier molecular flexibility index (Phi) is 13.0. The molecule has 0 atom stereocenters. The van der Waals surface area contributed by atoms with Crippen molar-refractivity contribution in [3.05, 3.63) is 364 Å². The van der Waals surface area contributed by atoms with E-state index >= 15 is 0 Å². The van der Waals surface area contributed by atoms with Crippen molar-refractivity contribution in [2.75, 3.05) is 9.80 Å². The quantitative estimate of drug-likeness (QED) is 0.113. The summed E-state index contributed by atoms with van der Waals surface area (Å²) in [4.78, 5) is 4.90. The standard InChI is InChI=1S/C94H60N2/c1-5-19-61(20-6-1)65-35-43-69(44-36-65)95(70-45-37-66(38-46-70)62-21-7-2-8-22-62)73-51-53-87-89(59-73)93(85-57-55-83-77-29-15-13-27-75(77)79-31-17-33-81(85)91(79)83)88-54-52-74(60-90(88)94(87)86-58-56-84-78-30-16-14-28-76(78)80-32-18-34-82(86)92(80)84)96(71-47-39-67(40-48-71)63-23-9-3-10-24-63)72-49-41-68(42-50-72)64-25-11-4-12-26-64/h1-60H. The maximum Gasteiger partial charge on any atom is 0.0468 e. The molecule has 0 amide bonds. The molecule has 446 valence electrons. The molecule has 0 N–H and O–H groups in total. The van der Waals surface area contributed by atoms with Crippen molar-refractivity contribution < 1.29 is 0 Å². The molecule has 2 aliphatic rings. The van der Waals surface area contributed by atoms with Gasteiger partial charge in [0.25, 0.3) is 0 Å². The third-order valence-corrected chi connectivity index (χ3v) is 20.2. The first-order chi connectivity index (χ1) is 47.6. The van der Waals surface area contributed by atoms with E-state index in [1.165, 1.54) is 154 Å². The Morgan fingerprint density at radius 2 is 0.375 bits per heavy atom. The first-order valence-corrected chi connectivity index (χ1v) is 33.2. The molecule has 0 heterocycles. The molecule has 0 saturated heterocycles. The minimum atomic E-state index is 1.06. The lowest BCUT2D eigenvalue weighted by Gasteiger charge is -2.29. The molecule has 2 aliphatic carbocycles. The zero-order valence-corrected chi connectivity index (χ0v) is 52.5. The number of hydrogen-bond acceptors (Lipinski definition) is 2. The molecule has 17 aromatic carbocycles. The van der Waals surface area contributed by atoms with Crippen molar-refractivity contribution in [2.24, 2.45) is 0 Å². The molecule has 0 saturated carbocycles. The average molecular weight is 1220 g/mol. The highest BCUT2D eigenvalue weighted by atomic mass is 15.1. The second kappa shape index (κ2) is 22.6. The molecule has 2 heteroatoms. The fourth-order valence-corrected chi connectivity index (χ4v) is 15.7. The van der Waals surface area contributed by atoms with Crippen LogP contribution in [0.2, 0.25) is 0 Å². The molecular weight excluding hydrogens is 1160 g/mol. The molecule has 0 aliphatic heterocycles. The summed E-state index contributed by atoms with van der Waals surface area (Å²) in [5, 5.41) is 9.74. The SMILES string of the molecule is c1ccc(-c2ccc(N(c3ccc(-c4ccccc4)cc3)c3ccc4c(-c5ccc6c7c(cccc57)-c5ccccc5-6)c5cc(N(c6ccc(-c7ccccc7)cc6)c6ccc(-c7ccccc7)cc6)ccc5c(-c5ccc6c7c(cccc57)-c5ccccc5-6)c4c3)cc2)cc1. The zero-order chi connectivity index (χ0) is 63.2. The van der Waals surface area contributed by atoms with Gasteiger partial charge in [0.15, 0.2) is 0 Å². The van der Waals surface area contributed by atoms with Gasteiger partial charge in [-0.3, -0.25) is 0 Å². The van der Waals surface area contributed by atoms with Crippen molar-refractivity contribution in [3.63, 3.8) is 0 Å². The van der Waals surface area contributed by atoms with Crippen LogP contribution in [0, 0.1) is 0 Å². The van der Waals surface area contributed by atoms with Crippen molar-refractivity contribution in [2.45, 2.75) is 0 Å². The third-order valence-electron chi connectivity index (χ3n) is 20.2. The van der Waals surface area contributed by atoms with Gasteiger partial charge in [0.05, 0.1) is 0 Å². The van der Waals surface area contributed by atoms with E-state index in [0.717, 1.165) is 34.1 Å². The molecule has 19 rings (SSSR count). The Balaban J connectivity index is 0.908. The Hall–Kier alpha value is -12.6. The normalized spacial score (nSPS) is 11.8. The van der Waals surface area contributed by atoms with Crippen LogP contribution in [0.1, 0.15) is 0 Å². The van der Waals surface area contributed by atoms with Gasteiger partial charge in [-0.1, -0.05) is 291 Å². The summed E-state index contributed by atoms with van der Waals surface area (Å²) in [7, 11) is 0. The van der Waals surface area contributed by atoms with E-state index in [9.17, 15) is 0 Å². The number of nitrogens with zero attached hydrogens (tertiary/aromatic N) is 2. The molecule has 0 spiro atoms. The van der Waals surface area contributed by atoms with Crippen molar-refractivity contribution in [3.8, 4) is 111 Å². The molecular formula is C94H60N2. The lowest BCUT2D eigenvalue weighted by Crippen LogP contribution is -2.10. The monoisotopic (exact) mass is 1220 g/mol. The highest BCUT2D eigenvalue weighted by molar-refractivity contribution is 6.30. The number of hydrogen-bond donors (Lipinski definition) is 0. The highest BCUT2D eigenvalue weighted by Gasteiger charge is 2.29. The first kappa shape index (κ1) is 55.1. The fourth-order valence-electron chi connectivity index (χ4n) is 15.7. The van der Waals surface area contributed by atoms with Crippen LogP contribution in [0.25, 0.3) is 154 Å². The van der Waals surface area contributed by atoms with Gasteiger partial charge in [-0.25, -0.2) is 0 Å². The molecule has 0 unspecified atom stereocenters. The maximum atomic E-state index is 2.50. The van der Waals surface area contributed by atoms with E-state index in [4.69, 9.17) is 0 Å². The van der Waals surface area contributed by atoms with Crippen LogP contribution in [0.5, 0.6) is 0 Å². The first-order valence-electron chi connectivity index (χ1n) is 33.2. The molecule has 0 radical (unpaired) electrons. The van der Waals surface area contributed by atoms with Gasteiger partial charge in [0, 0.05) is 34.1 Å². The smallest absolute Gasteiger partial charge is 0.0468 e. The number of anilines is 6. The molecule has 0 fully saturated rings. The van der Waals surface area contributed by atoms with Crippen LogP contribution in [-0.4, -0.2) is 0 Å². The summed E-state index contributed by atoms with van der Waals surface area (Å²) in [6.45, 7) is 0. The van der Waals surface area contributed by atoms with Crippen LogP contribution >= 0.6 is 0 Å². The zero-order valence-electron chi connectivity index (χ0n) is 52.5.